The first-order valence-corrected chi connectivity index (χ1v) is 10.1. The van der Waals surface area contributed by atoms with Crippen molar-refractivity contribution in [2.24, 2.45) is 10.9 Å². The lowest BCUT2D eigenvalue weighted by atomic mass is 9.89. The van der Waals surface area contributed by atoms with Gasteiger partial charge in [0.15, 0.2) is 0 Å². The van der Waals surface area contributed by atoms with E-state index in [9.17, 15) is 0 Å². The van der Waals surface area contributed by atoms with Gasteiger partial charge in [-0.25, -0.2) is 0 Å². The van der Waals surface area contributed by atoms with Crippen molar-refractivity contribution in [3.8, 4) is 0 Å². The summed E-state index contributed by atoms with van der Waals surface area (Å²) in [5, 5.41) is 3.34. The summed E-state index contributed by atoms with van der Waals surface area (Å²) in [6.07, 6.45) is 9.79. The SMILES string of the molecule is CN/C(=C\C(=N/Cc1ccc(Br)cc1)C1=CC=CC[C@H]1C)c1ccccc1. The number of allylic oxidation sites excluding steroid dienone is 5. The Morgan fingerprint density at radius 1 is 1.15 bits per heavy atom. The lowest BCUT2D eigenvalue weighted by Crippen LogP contribution is -2.14. The van der Waals surface area contributed by atoms with Gasteiger partial charge in [0, 0.05) is 17.2 Å². The maximum atomic E-state index is 4.99. The second-order valence-electron chi connectivity index (χ2n) is 6.69. The monoisotopic (exact) mass is 420 g/mol. The zero-order valence-electron chi connectivity index (χ0n) is 15.8. The molecule has 0 bridgehead atoms. The van der Waals surface area contributed by atoms with Crippen molar-refractivity contribution < 1.29 is 0 Å². The van der Waals surface area contributed by atoms with E-state index in [1.165, 1.54) is 11.1 Å². The van der Waals surface area contributed by atoms with Crippen molar-refractivity contribution in [2.45, 2.75) is 19.9 Å². The molecule has 1 aliphatic rings. The second kappa shape index (κ2) is 9.52. The van der Waals surface area contributed by atoms with Crippen LogP contribution in [-0.4, -0.2) is 12.8 Å². The Kier molecular flexibility index (Phi) is 6.83. The van der Waals surface area contributed by atoms with Gasteiger partial charge in [-0.1, -0.05) is 83.5 Å². The van der Waals surface area contributed by atoms with E-state index in [1.54, 1.807) is 0 Å². The topological polar surface area (TPSA) is 24.4 Å². The molecule has 0 spiro atoms. The van der Waals surface area contributed by atoms with Crippen molar-refractivity contribution >= 4 is 27.3 Å². The van der Waals surface area contributed by atoms with Gasteiger partial charge in [-0.3, -0.25) is 4.99 Å². The Morgan fingerprint density at radius 3 is 2.56 bits per heavy atom. The summed E-state index contributed by atoms with van der Waals surface area (Å²) in [7, 11) is 1.96. The molecule has 2 nitrogen and oxygen atoms in total. The van der Waals surface area contributed by atoms with Crippen molar-refractivity contribution in [3.63, 3.8) is 0 Å². The molecular formula is C24H25BrN2. The second-order valence-corrected chi connectivity index (χ2v) is 7.60. The average molecular weight is 421 g/mol. The summed E-state index contributed by atoms with van der Waals surface area (Å²) in [6.45, 7) is 2.93. The molecule has 3 rings (SSSR count). The summed E-state index contributed by atoms with van der Waals surface area (Å²) in [4.78, 5) is 4.99. The van der Waals surface area contributed by atoms with Crippen molar-refractivity contribution in [1.82, 2.24) is 5.32 Å². The van der Waals surface area contributed by atoms with Gasteiger partial charge in [-0.05, 0) is 47.2 Å². The standard InChI is InChI=1S/C24H25BrN2/c1-18-8-6-7-11-22(18)24(27-17-19-12-14-21(25)15-13-19)16-23(26-2)20-9-4-3-5-10-20/h3-7,9-16,18,26H,8,17H2,1-2H3/b23-16-,27-24+/t18-/m1/s1. The first-order chi connectivity index (χ1) is 13.2. The molecule has 3 heteroatoms. The number of nitrogens with one attached hydrogen (secondary N) is 1. The van der Waals surface area contributed by atoms with Gasteiger partial charge in [0.1, 0.15) is 0 Å². The molecular weight excluding hydrogens is 396 g/mol. The summed E-state index contributed by atoms with van der Waals surface area (Å²) in [6, 6.07) is 18.8. The van der Waals surface area contributed by atoms with Crippen LogP contribution in [-0.2, 0) is 6.54 Å². The number of hydrogen-bond donors (Lipinski definition) is 1. The molecule has 0 unspecified atom stereocenters. The summed E-state index contributed by atoms with van der Waals surface area (Å²) >= 11 is 3.49. The predicted octanol–water partition coefficient (Wildman–Crippen LogP) is 6.17. The molecule has 138 valence electrons. The first kappa shape index (κ1) is 19.4. The van der Waals surface area contributed by atoms with Crippen LogP contribution in [0.25, 0.3) is 5.70 Å². The van der Waals surface area contributed by atoms with E-state index in [1.807, 2.05) is 13.1 Å². The Hall–Kier alpha value is -2.39. The number of rotatable bonds is 6. The molecule has 2 aromatic rings. The van der Waals surface area contributed by atoms with Crippen molar-refractivity contribution in [3.05, 3.63) is 100 Å². The highest BCUT2D eigenvalue weighted by atomic mass is 79.9. The fourth-order valence-electron chi connectivity index (χ4n) is 3.12. The molecule has 0 saturated heterocycles. The van der Waals surface area contributed by atoms with Gasteiger partial charge in [-0.2, -0.15) is 0 Å². The van der Waals surface area contributed by atoms with Crippen molar-refractivity contribution in [1.29, 1.82) is 0 Å². The van der Waals surface area contributed by atoms with Crippen molar-refractivity contribution in [2.75, 3.05) is 7.05 Å². The molecule has 1 N–H and O–H groups in total. The number of aliphatic imine (C=N–C) groups is 1. The fraction of sp³-hybridized carbons (Fsp3) is 0.208. The van der Waals surface area contributed by atoms with Crippen LogP contribution in [0.1, 0.15) is 24.5 Å². The van der Waals surface area contributed by atoms with E-state index in [-0.39, 0.29) is 0 Å². The molecule has 1 aliphatic carbocycles. The summed E-state index contributed by atoms with van der Waals surface area (Å²) in [5.41, 5.74) is 5.78. The average Bonchev–Trinajstić information content (AvgIpc) is 2.71. The summed E-state index contributed by atoms with van der Waals surface area (Å²) in [5.74, 6) is 0.462. The Labute approximate surface area is 170 Å². The van der Waals surface area contributed by atoms with Crippen LogP contribution in [0.3, 0.4) is 0 Å². The minimum Gasteiger partial charge on any atom is -0.388 e. The molecule has 0 saturated carbocycles. The van der Waals surface area contributed by atoms with Gasteiger partial charge in [0.2, 0.25) is 0 Å². The number of halogens is 1. The maximum Gasteiger partial charge on any atom is 0.0647 e. The molecule has 0 amide bonds. The highest BCUT2D eigenvalue weighted by molar-refractivity contribution is 9.10. The van der Waals surface area contributed by atoms with Crippen LogP contribution >= 0.6 is 15.9 Å². The smallest absolute Gasteiger partial charge is 0.0647 e. The van der Waals surface area contributed by atoms with E-state index in [4.69, 9.17) is 4.99 Å². The molecule has 0 radical (unpaired) electrons. The minimum atomic E-state index is 0.462. The number of benzene rings is 2. The third kappa shape index (κ3) is 5.30. The van der Waals surface area contributed by atoms with Crippen LogP contribution in [0.5, 0.6) is 0 Å². The van der Waals surface area contributed by atoms with E-state index in [0.29, 0.717) is 12.5 Å². The van der Waals surface area contributed by atoms with Crippen LogP contribution < -0.4 is 5.32 Å². The Balaban J connectivity index is 1.97. The van der Waals surface area contributed by atoms with Crippen LogP contribution in [0, 0.1) is 5.92 Å². The Bertz CT molecular complexity index is 874. The third-order valence-corrected chi connectivity index (χ3v) is 5.24. The predicted molar refractivity (Wildman–Crippen MR) is 120 cm³/mol. The van der Waals surface area contributed by atoms with E-state index < -0.39 is 0 Å². The number of hydrogen-bond acceptors (Lipinski definition) is 2. The molecule has 0 heterocycles. The molecule has 0 aromatic heterocycles. The van der Waals surface area contributed by atoms with E-state index in [2.05, 4.69) is 101 Å². The first-order valence-electron chi connectivity index (χ1n) is 9.28. The molecule has 27 heavy (non-hydrogen) atoms. The van der Waals surface area contributed by atoms with E-state index >= 15 is 0 Å². The van der Waals surface area contributed by atoms with Gasteiger partial charge in [0.05, 0.1) is 12.3 Å². The van der Waals surface area contributed by atoms with E-state index in [0.717, 1.165) is 27.9 Å². The zero-order chi connectivity index (χ0) is 19.1. The van der Waals surface area contributed by atoms with Crippen LogP contribution in [0.4, 0.5) is 0 Å². The fourth-order valence-corrected chi connectivity index (χ4v) is 3.39. The summed E-state index contributed by atoms with van der Waals surface area (Å²) < 4.78 is 1.09. The third-order valence-electron chi connectivity index (χ3n) is 4.71. The normalized spacial score (nSPS) is 17.6. The van der Waals surface area contributed by atoms with Gasteiger partial charge < -0.3 is 5.32 Å². The molecule has 1 atom stereocenters. The largest absolute Gasteiger partial charge is 0.388 e. The van der Waals surface area contributed by atoms with Crippen LogP contribution in [0.2, 0.25) is 0 Å². The number of nitrogens with zero attached hydrogens (tertiary/aromatic N) is 1. The minimum absolute atomic E-state index is 0.462. The quantitative estimate of drug-likeness (QED) is 0.554. The molecule has 0 aliphatic heterocycles. The van der Waals surface area contributed by atoms with Crippen LogP contribution in [0.15, 0.2) is 93.9 Å². The highest BCUT2D eigenvalue weighted by Gasteiger charge is 2.15. The zero-order valence-corrected chi connectivity index (χ0v) is 17.4. The van der Waals surface area contributed by atoms with Gasteiger partial charge in [0.25, 0.3) is 0 Å². The lowest BCUT2D eigenvalue weighted by molar-refractivity contribution is 0.712. The molecule has 2 aromatic carbocycles. The van der Waals surface area contributed by atoms with Gasteiger partial charge in [-0.15, -0.1) is 0 Å². The van der Waals surface area contributed by atoms with Gasteiger partial charge >= 0.3 is 0 Å². The molecule has 0 fully saturated rings. The Morgan fingerprint density at radius 2 is 1.89 bits per heavy atom. The highest BCUT2D eigenvalue weighted by Crippen LogP contribution is 2.24. The lowest BCUT2D eigenvalue weighted by Gasteiger charge is -2.19. The maximum absolute atomic E-state index is 4.99.